The molecule has 0 radical (unpaired) electrons. The van der Waals surface area contributed by atoms with E-state index in [9.17, 15) is 0 Å². The van der Waals surface area contributed by atoms with Crippen molar-refractivity contribution in [3.63, 3.8) is 0 Å². The second kappa shape index (κ2) is 5.42. The van der Waals surface area contributed by atoms with Crippen molar-refractivity contribution in [1.29, 1.82) is 0 Å². The fourth-order valence-corrected chi connectivity index (χ4v) is 2.60. The highest BCUT2D eigenvalue weighted by molar-refractivity contribution is 7.80. The second-order valence-corrected chi connectivity index (χ2v) is 5.12. The molecule has 2 rings (SSSR count). The number of nitrogens with zero attached hydrogens (tertiary/aromatic N) is 1. The van der Waals surface area contributed by atoms with Gasteiger partial charge in [-0.1, -0.05) is 12.8 Å². The number of thiocarbonyl (C=S) groups is 1. The van der Waals surface area contributed by atoms with E-state index >= 15 is 0 Å². The molecule has 1 fully saturated rings. The van der Waals surface area contributed by atoms with E-state index in [2.05, 4.69) is 15.6 Å². The van der Waals surface area contributed by atoms with Gasteiger partial charge in [0.15, 0.2) is 5.11 Å². The largest absolute Gasteiger partial charge is 0.360 e. The van der Waals surface area contributed by atoms with E-state index in [4.69, 9.17) is 12.2 Å². The minimum atomic E-state index is 0.585. The molecule has 0 saturated heterocycles. The highest BCUT2D eigenvalue weighted by Gasteiger charge is 2.15. The number of hydrogen-bond acceptors (Lipinski definition) is 3. The quantitative estimate of drug-likeness (QED) is 0.794. The topological polar surface area (TPSA) is 37.0 Å². The summed E-state index contributed by atoms with van der Waals surface area (Å²) in [6, 6.07) is 0.585. The summed E-state index contributed by atoms with van der Waals surface area (Å²) < 4.78 is 0. The predicted octanol–water partition coefficient (Wildman–Crippen LogP) is 2.05. The lowest BCUT2D eigenvalue weighted by Gasteiger charge is -2.14. The van der Waals surface area contributed by atoms with Crippen LogP contribution in [0.1, 0.15) is 30.7 Å². The molecule has 0 aliphatic heterocycles. The van der Waals surface area contributed by atoms with E-state index in [-0.39, 0.29) is 0 Å². The Morgan fingerprint density at radius 3 is 3.00 bits per heavy atom. The highest BCUT2D eigenvalue weighted by atomic mass is 32.1. The highest BCUT2D eigenvalue weighted by Crippen LogP contribution is 2.17. The summed E-state index contributed by atoms with van der Waals surface area (Å²) in [7, 11) is 0. The van der Waals surface area contributed by atoms with Crippen LogP contribution in [0.4, 0.5) is 0 Å². The van der Waals surface area contributed by atoms with Crippen molar-refractivity contribution in [2.75, 3.05) is 0 Å². The van der Waals surface area contributed by atoms with Crippen molar-refractivity contribution in [1.82, 2.24) is 15.6 Å². The maximum Gasteiger partial charge on any atom is 0.166 e. The molecule has 82 valence electrons. The van der Waals surface area contributed by atoms with Crippen LogP contribution in [0.3, 0.4) is 0 Å². The van der Waals surface area contributed by atoms with Gasteiger partial charge in [0, 0.05) is 17.6 Å². The Morgan fingerprint density at radius 1 is 1.53 bits per heavy atom. The van der Waals surface area contributed by atoms with Crippen molar-refractivity contribution >= 4 is 28.7 Å². The molecule has 0 unspecified atom stereocenters. The van der Waals surface area contributed by atoms with Crippen LogP contribution >= 0.6 is 23.6 Å². The number of hydrogen-bond donors (Lipinski definition) is 2. The van der Waals surface area contributed by atoms with E-state index in [0.717, 1.165) is 16.7 Å². The molecule has 3 nitrogen and oxygen atoms in total. The summed E-state index contributed by atoms with van der Waals surface area (Å²) in [4.78, 5) is 4.19. The van der Waals surface area contributed by atoms with Gasteiger partial charge >= 0.3 is 0 Å². The van der Waals surface area contributed by atoms with Crippen LogP contribution in [0.5, 0.6) is 0 Å². The van der Waals surface area contributed by atoms with E-state index in [1.165, 1.54) is 25.7 Å². The van der Waals surface area contributed by atoms with Gasteiger partial charge in [-0.15, -0.1) is 11.3 Å². The Morgan fingerprint density at radius 2 is 2.33 bits per heavy atom. The number of nitrogens with one attached hydrogen (secondary N) is 2. The minimum Gasteiger partial charge on any atom is -0.360 e. The van der Waals surface area contributed by atoms with Crippen LogP contribution < -0.4 is 10.6 Å². The molecule has 0 bridgehead atoms. The van der Waals surface area contributed by atoms with Crippen molar-refractivity contribution in [2.45, 2.75) is 38.3 Å². The molecular weight excluding hydrogens is 226 g/mol. The lowest BCUT2D eigenvalue weighted by Crippen LogP contribution is -2.40. The maximum atomic E-state index is 5.22. The van der Waals surface area contributed by atoms with Crippen molar-refractivity contribution in [3.05, 3.63) is 16.6 Å². The first-order chi connectivity index (χ1) is 7.34. The van der Waals surface area contributed by atoms with Gasteiger partial charge in [0.1, 0.15) is 5.01 Å². The molecule has 0 atom stereocenters. The van der Waals surface area contributed by atoms with Gasteiger partial charge in [-0.3, -0.25) is 0 Å². The van der Waals surface area contributed by atoms with Gasteiger partial charge in [0.25, 0.3) is 0 Å². The van der Waals surface area contributed by atoms with E-state index in [1.54, 1.807) is 11.3 Å². The summed E-state index contributed by atoms with van der Waals surface area (Å²) in [6.07, 6.45) is 6.97. The van der Waals surface area contributed by atoms with Crippen LogP contribution in [-0.2, 0) is 6.54 Å². The number of aromatic nitrogens is 1. The molecule has 0 spiro atoms. The zero-order valence-electron chi connectivity index (χ0n) is 8.53. The zero-order chi connectivity index (χ0) is 10.5. The summed E-state index contributed by atoms with van der Waals surface area (Å²) >= 11 is 6.86. The fourth-order valence-electron chi connectivity index (χ4n) is 1.80. The Hall–Kier alpha value is -0.680. The Balaban J connectivity index is 1.68. The molecule has 1 aliphatic rings. The molecule has 0 aromatic carbocycles. The predicted molar refractivity (Wildman–Crippen MR) is 66.9 cm³/mol. The second-order valence-electron chi connectivity index (χ2n) is 3.73. The minimum absolute atomic E-state index is 0.585. The Kier molecular flexibility index (Phi) is 3.91. The monoisotopic (exact) mass is 241 g/mol. The number of rotatable bonds is 3. The van der Waals surface area contributed by atoms with Crippen molar-refractivity contribution in [2.24, 2.45) is 0 Å². The van der Waals surface area contributed by atoms with Gasteiger partial charge < -0.3 is 10.6 Å². The van der Waals surface area contributed by atoms with Crippen LogP contribution in [-0.4, -0.2) is 16.1 Å². The van der Waals surface area contributed by atoms with Gasteiger partial charge in [-0.2, -0.15) is 0 Å². The van der Waals surface area contributed by atoms with Crippen molar-refractivity contribution in [3.8, 4) is 0 Å². The van der Waals surface area contributed by atoms with Gasteiger partial charge in [-0.25, -0.2) is 4.98 Å². The summed E-state index contributed by atoms with van der Waals surface area (Å²) in [5.41, 5.74) is 0. The summed E-state index contributed by atoms with van der Waals surface area (Å²) in [5, 5.41) is 10.3. The molecule has 0 amide bonds. The van der Waals surface area contributed by atoms with Gasteiger partial charge in [0.05, 0.1) is 6.54 Å². The fraction of sp³-hybridized carbons (Fsp3) is 0.600. The molecule has 5 heteroatoms. The van der Waals surface area contributed by atoms with E-state index < -0.39 is 0 Å². The summed E-state index contributed by atoms with van der Waals surface area (Å²) in [6.45, 7) is 0.732. The molecule has 15 heavy (non-hydrogen) atoms. The standard InChI is InChI=1S/C10H15N3S2/c14-10(13-8-3-1-2-4-8)12-7-9-11-5-6-15-9/h5-6,8H,1-4,7H2,(H2,12,13,14). The zero-order valence-corrected chi connectivity index (χ0v) is 10.2. The first-order valence-corrected chi connectivity index (χ1v) is 6.56. The van der Waals surface area contributed by atoms with Crippen LogP contribution in [0, 0.1) is 0 Å². The lowest BCUT2D eigenvalue weighted by atomic mass is 10.3. The van der Waals surface area contributed by atoms with Crippen LogP contribution in [0.2, 0.25) is 0 Å². The lowest BCUT2D eigenvalue weighted by molar-refractivity contribution is 0.621. The van der Waals surface area contributed by atoms with E-state index in [1.807, 2.05) is 11.6 Å². The summed E-state index contributed by atoms with van der Waals surface area (Å²) in [5.74, 6) is 0. The molecule has 1 aliphatic carbocycles. The van der Waals surface area contributed by atoms with Gasteiger partial charge in [-0.05, 0) is 25.1 Å². The first-order valence-electron chi connectivity index (χ1n) is 5.27. The Labute approximate surface area is 99.3 Å². The molecule has 2 N–H and O–H groups in total. The molecule has 1 aromatic rings. The van der Waals surface area contributed by atoms with E-state index in [0.29, 0.717) is 6.04 Å². The molecule has 1 saturated carbocycles. The normalized spacial score (nSPS) is 16.5. The first kappa shape index (κ1) is 10.8. The van der Waals surface area contributed by atoms with Gasteiger partial charge in [0.2, 0.25) is 0 Å². The molecule has 1 heterocycles. The SMILES string of the molecule is S=C(NCc1nccs1)NC1CCCC1. The molecular formula is C10H15N3S2. The number of thiazole rings is 1. The Bertz CT molecular complexity index is 304. The smallest absolute Gasteiger partial charge is 0.166 e. The molecule has 1 aromatic heterocycles. The van der Waals surface area contributed by atoms with Crippen LogP contribution in [0.15, 0.2) is 11.6 Å². The van der Waals surface area contributed by atoms with Crippen molar-refractivity contribution < 1.29 is 0 Å². The average molecular weight is 241 g/mol. The average Bonchev–Trinajstić information content (AvgIpc) is 2.86. The third kappa shape index (κ3) is 3.43. The van der Waals surface area contributed by atoms with Crippen LogP contribution in [0.25, 0.3) is 0 Å². The maximum absolute atomic E-state index is 5.22. The third-order valence-corrected chi connectivity index (χ3v) is 3.62. The third-order valence-electron chi connectivity index (χ3n) is 2.57.